The average Bonchev–Trinajstić information content (AvgIpc) is 3.40. The number of phenols is 1. The molecule has 0 unspecified atom stereocenters. The summed E-state index contributed by atoms with van der Waals surface area (Å²) in [4.78, 5) is 42.1. The summed E-state index contributed by atoms with van der Waals surface area (Å²) in [5.74, 6) is -0.599. The summed E-state index contributed by atoms with van der Waals surface area (Å²) >= 11 is 2.21. The number of hydrogen-bond acceptors (Lipinski definition) is 7. The zero-order valence-corrected chi connectivity index (χ0v) is 18.5. The Labute approximate surface area is 196 Å². The number of amides is 3. The number of nitrogens with zero attached hydrogens (tertiary/aromatic N) is 1. The quantitative estimate of drug-likeness (QED) is 0.350. The lowest BCUT2D eigenvalue weighted by Crippen LogP contribution is -2.17. The molecular formula is C24H15N3O4S2. The molecule has 1 fully saturated rings. The van der Waals surface area contributed by atoms with Crippen molar-refractivity contribution >= 4 is 62.8 Å². The fourth-order valence-corrected chi connectivity index (χ4v) is 5.04. The lowest BCUT2D eigenvalue weighted by molar-refractivity contribution is -0.115. The molecule has 1 aliphatic rings. The second-order valence-electron chi connectivity index (χ2n) is 7.16. The van der Waals surface area contributed by atoms with Gasteiger partial charge in [-0.1, -0.05) is 12.1 Å². The van der Waals surface area contributed by atoms with Crippen LogP contribution in [0.1, 0.15) is 15.2 Å². The van der Waals surface area contributed by atoms with E-state index in [1.54, 1.807) is 30.5 Å². The van der Waals surface area contributed by atoms with E-state index >= 15 is 0 Å². The van der Waals surface area contributed by atoms with Gasteiger partial charge >= 0.3 is 0 Å². The van der Waals surface area contributed by atoms with Crippen molar-refractivity contribution < 1.29 is 19.5 Å². The average molecular weight is 474 g/mol. The van der Waals surface area contributed by atoms with Crippen LogP contribution in [0.2, 0.25) is 0 Å². The minimum absolute atomic E-state index is 0.0755. The molecule has 9 heteroatoms. The minimum atomic E-state index is -0.405. The van der Waals surface area contributed by atoms with Gasteiger partial charge in [-0.15, -0.1) is 11.3 Å². The molecule has 3 heterocycles. The van der Waals surface area contributed by atoms with Gasteiger partial charge in [-0.05, 0) is 65.9 Å². The third kappa shape index (κ3) is 4.36. The van der Waals surface area contributed by atoms with E-state index < -0.39 is 5.91 Å². The number of imide groups is 1. The number of nitrogens with one attached hydrogen (secondary N) is 2. The number of carbonyl (C=O) groups is 3. The first-order valence-corrected chi connectivity index (χ1v) is 11.4. The number of fused-ring (bicyclic) bond motifs is 1. The SMILES string of the molecule is O=C1NC(=O)/C(=C/c2ccc3nccc(-c4ccc(C(=O)Nc5cccc(O)c5)s4)c3c2)S1. The van der Waals surface area contributed by atoms with E-state index in [4.69, 9.17) is 0 Å². The smallest absolute Gasteiger partial charge is 0.290 e. The molecule has 2 aromatic carbocycles. The molecule has 0 atom stereocenters. The molecule has 0 spiro atoms. The van der Waals surface area contributed by atoms with Crippen molar-refractivity contribution in [3.8, 4) is 16.2 Å². The van der Waals surface area contributed by atoms with E-state index in [0.29, 0.717) is 15.5 Å². The van der Waals surface area contributed by atoms with Gasteiger partial charge in [-0.3, -0.25) is 24.7 Å². The van der Waals surface area contributed by atoms with Crippen molar-refractivity contribution in [3.63, 3.8) is 0 Å². The standard InChI is InChI=1S/C24H15N3O4S2/c28-15-3-1-2-14(12-15)26-22(29)20-7-6-19(32-20)16-8-9-25-18-5-4-13(10-17(16)18)11-21-23(30)27-24(31)33-21/h1-12,28H,(H,26,29)(H,27,30,31)/b21-11-. The van der Waals surface area contributed by atoms with Gasteiger partial charge in [0.1, 0.15) is 5.75 Å². The highest BCUT2D eigenvalue weighted by Crippen LogP contribution is 2.35. The van der Waals surface area contributed by atoms with Crippen LogP contribution in [0.5, 0.6) is 5.75 Å². The molecule has 0 saturated carbocycles. The molecule has 3 amide bonds. The zero-order valence-electron chi connectivity index (χ0n) is 16.9. The Kier molecular flexibility index (Phi) is 5.41. The molecular weight excluding hydrogens is 458 g/mol. The van der Waals surface area contributed by atoms with Crippen molar-refractivity contribution in [2.75, 3.05) is 5.32 Å². The highest BCUT2D eigenvalue weighted by atomic mass is 32.2. The number of rotatable bonds is 4. The highest BCUT2D eigenvalue weighted by molar-refractivity contribution is 8.18. The van der Waals surface area contributed by atoms with Crippen LogP contribution in [0, 0.1) is 0 Å². The van der Waals surface area contributed by atoms with Crippen LogP contribution in [-0.2, 0) is 4.79 Å². The highest BCUT2D eigenvalue weighted by Gasteiger charge is 2.25. The maximum Gasteiger partial charge on any atom is 0.290 e. The maximum absolute atomic E-state index is 12.7. The summed E-state index contributed by atoms with van der Waals surface area (Å²) in [6, 6.07) is 17.5. The molecule has 162 valence electrons. The predicted octanol–water partition coefficient (Wildman–Crippen LogP) is 5.25. The molecule has 2 aromatic heterocycles. The number of anilines is 1. The summed E-state index contributed by atoms with van der Waals surface area (Å²) in [5, 5.41) is 15.1. The number of pyridine rings is 1. The molecule has 5 rings (SSSR count). The van der Waals surface area contributed by atoms with Crippen LogP contribution in [0.25, 0.3) is 27.4 Å². The molecule has 0 aliphatic carbocycles. The van der Waals surface area contributed by atoms with Gasteiger partial charge in [0.2, 0.25) is 0 Å². The molecule has 4 aromatic rings. The Balaban J connectivity index is 1.47. The van der Waals surface area contributed by atoms with Crippen LogP contribution in [0.3, 0.4) is 0 Å². The second kappa shape index (κ2) is 8.53. The fraction of sp³-hybridized carbons (Fsp3) is 0. The van der Waals surface area contributed by atoms with Crippen molar-refractivity contribution in [2.45, 2.75) is 0 Å². The van der Waals surface area contributed by atoms with Gasteiger partial charge < -0.3 is 10.4 Å². The molecule has 1 aliphatic heterocycles. The number of aromatic nitrogens is 1. The van der Waals surface area contributed by atoms with E-state index in [9.17, 15) is 19.5 Å². The Morgan fingerprint density at radius 3 is 2.73 bits per heavy atom. The van der Waals surface area contributed by atoms with Crippen molar-refractivity contribution in [3.05, 3.63) is 82.2 Å². The van der Waals surface area contributed by atoms with Gasteiger partial charge in [0.25, 0.3) is 17.1 Å². The summed E-state index contributed by atoms with van der Waals surface area (Å²) in [6.07, 6.45) is 3.38. The largest absolute Gasteiger partial charge is 0.508 e. The van der Waals surface area contributed by atoms with Gasteiger partial charge in [-0.2, -0.15) is 0 Å². The second-order valence-corrected chi connectivity index (χ2v) is 9.25. The van der Waals surface area contributed by atoms with Gasteiger partial charge in [0.15, 0.2) is 0 Å². The fourth-order valence-electron chi connectivity index (χ4n) is 3.42. The predicted molar refractivity (Wildman–Crippen MR) is 130 cm³/mol. The van der Waals surface area contributed by atoms with E-state index in [1.165, 1.54) is 23.5 Å². The van der Waals surface area contributed by atoms with Crippen LogP contribution < -0.4 is 10.6 Å². The molecule has 1 saturated heterocycles. The third-order valence-electron chi connectivity index (χ3n) is 4.90. The Morgan fingerprint density at radius 2 is 1.94 bits per heavy atom. The maximum atomic E-state index is 12.7. The number of benzene rings is 2. The number of carbonyl (C=O) groups excluding carboxylic acids is 3. The van der Waals surface area contributed by atoms with E-state index in [-0.39, 0.29) is 16.9 Å². The number of thiophene rings is 1. The monoisotopic (exact) mass is 473 g/mol. The first-order valence-electron chi connectivity index (χ1n) is 9.80. The van der Waals surface area contributed by atoms with Crippen LogP contribution >= 0.6 is 23.1 Å². The van der Waals surface area contributed by atoms with Crippen molar-refractivity contribution in [1.29, 1.82) is 0 Å². The summed E-state index contributed by atoms with van der Waals surface area (Å²) in [5.41, 5.74) is 2.95. The summed E-state index contributed by atoms with van der Waals surface area (Å²) in [6.45, 7) is 0. The van der Waals surface area contributed by atoms with E-state index in [0.717, 1.165) is 38.7 Å². The molecule has 0 radical (unpaired) electrons. The van der Waals surface area contributed by atoms with Crippen molar-refractivity contribution in [2.24, 2.45) is 0 Å². The van der Waals surface area contributed by atoms with Gasteiger partial charge in [0, 0.05) is 33.8 Å². The van der Waals surface area contributed by atoms with Gasteiger partial charge in [0.05, 0.1) is 15.3 Å². The lowest BCUT2D eigenvalue weighted by atomic mass is 10.0. The molecule has 0 bridgehead atoms. The Morgan fingerprint density at radius 1 is 1.06 bits per heavy atom. The van der Waals surface area contributed by atoms with E-state index in [2.05, 4.69) is 15.6 Å². The number of thioether (sulfide) groups is 1. The first-order chi connectivity index (χ1) is 16.0. The van der Waals surface area contributed by atoms with Crippen LogP contribution in [0.15, 0.2) is 71.8 Å². The lowest BCUT2D eigenvalue weighted by Gasteiger charge is -2.06. The number of phenolic OH excluding ortho intramolecular Hbond substituents is 1. The molecule has 3 N–H and O–H groups in total. The van der Waals surface area contributed by atoms with Crippen LogP contribution in [0.4, 0.5) is 10.5 Å². The first kappa shape index (κ1) is 20.9. The Hall–Kier alpha value is -3.95. The molecule has 7 nitrogen and oxygen atoms in total. The van der Waals surface area contributed by atoms with Gasteiger partial charge in [-0.25, -0.2) is 0 Å². The zero-order chi connectivity index (χ0) is 22.9. The normalized spacial score (nSPS) is 14.6. The summed E-state index contributed by atoms with van der Waals surface area (Å²) in [7, 11) is 0. The van der Waals surface area contributed by atoms with Crippen LogP contribution in [-0.4, -0.2) is 27.1 Å². The number of aromatic hydroxyl groups is 1. The third-order valence-corrected chi connectivity index (χ3v) is 6.83. The van der Waals surface area contributed by atoms with E-state index in [1.807, 2.05) is 30.3 Å². The topological polar surface area (TPSA) is 108 Å². The summed E-state index contributed by atoms with van der Waals surface area (Å²) < 4.78 is 0. The van der Waals surface area contributed by atoms with Crippen molar-refractivity contribution in [1.82, 2.24) is 10.3 Å². The number of hydrogen-bond donors (Lipinski definition) is 3. The Bertz CT molecular complexity index is 1480. The minimum Gasteiger partial charge on any atom is -0.508 e. The molecule has 33 heavy (non-hydrogen) atoms.